The van der Waals surface area contributed by atoms with Gasteiger partial charge >= 0.3 is 0 Å². The van der Waals surface area contributed by atoms with E-state index in [1.165, 1.54) is 5.69 Å². The molecule has 4 nitrogen and oxygen atoms in total. The Morgan fingerprint density at radius 1 is 1.38 bits per heavy atom. The van der Waals surface area contributed by atoms with E-state index < -0.39 is 0 Å². The standard InChI is InChI=1S/C12H23N3O/c1-7-16-12-10(3)11(4)15(13-12)9(2)8-14(5)6/h9H,7-8H2,1-6H3/t9-/m0/s1. The molecule has 16 heavy (non-hydrogen) atoms. The van der Waals surface area contributed by atoms with Crippen molar-refractivity contribution in [3.63, 3.8) is 0 Å². The molecule has 0 aliphatic carbocycles. The summed E-state index contributed by atoms with van der Waals surface area (Å²) < 4.78 is 7.56. The van der Waals surface area contributed by atoms with Gasteiger partial charge in [0.25, 0.3) is 0 Å². The van der Waals surface area contributed by atoms with Gasteiger partial charge in [-0.3, -0.25) is 4.68 Å². The molecular formula is C12H23N3O. The third-order valence-electron chi connectivity index (χ3n) is 2.73. The zero-order valence-electron chi connectivity index (χ0n) is 11.2. The SMILES string of the molecule is CCOc1nn([C@@H](C)CN(C)C)c(C)c1C. The number of hydrogen-bond acceptors (Lipinski definition) is 3. The predicted octanol–water partition coefficient (Wildman–Crippen LogP) is 2.02. The Bertz CT molecular complexity index is 344. The van der Waals surface area contributed by atoms with E-state index in [1.807, 2.05) is 6.92 Å². The Morgan fingerprint density at radius 3 is 2.50 bits per heavy atom. The molecule has 0 aromatic carbocycles. The molecule has 1 atom stereocenters. The Kier molecular flexibility index (Phi) is 4.35. The molecule has 0 radical (unpaired) electrons. The summed E-state index contributed by atoms with van der Waals surface area (Å²) in [6, 6.07) is 0.364. The zero-order valence-corrected chi connectivity index (χ0v) is 11.2. The van der Waals surface area contributed by atoms with E-state index in [0.717, 1.165) is 18.0 Å². The zero-order chi connectivity index (χ0) is 12.3. The molecular weight excluding hydrogens is 202 g/mol. The minimum Gasteiger partial charge on any atom is -0.477 e. The van der Waals surface area contributed by atoms with Crippen molar-refractivity contribution in [3.8, 4) is 5.88 Å². The maximum atomic E-state index is 5.51. The average molecular weight is 225 g/mol. The lowest BCUT2D eigenvalue weighted by Gasteiger charge is -2.18. The number of likely N-dealkylation sites (N-methyl/N-ethyl adjacent to an activating group) is 1. The molecule has 0 saturated heterocycles. The van der Waals surface area contributed by atoms with Crippen LogP contribution in [0.1, 0.15) is 31.1 Å². The van der Waals surface area contributed by atoms with Crippen LogP contribution in [0, 0.1) is 13.8 Å². The minimum atomic E-state index is 0.364. The van der Waals surface area contributed by atoms with Crippen LogP contribution in [0.15, 0.2) is 0 Å². The van der Waals surface area contributed by atoms with Gasteiger partial charge in [-0.1, -0.05) is 0 Å². The monoisotopic (exact) mass is 225 g/mol. The topological polar surface area (TPSA) is 30.3 Å². The van der Waals surface area contributed by atoms with E-state index in [0.29, 0.717) is 12.6 Å². The molecule has 1 heterocycles. The Balaban J connectivity index is 2.92. The van der Waals surface area contributed by atoms with Gasteiger partial charge in [0, 0.05) is 17.8 Å². The molecule has 0 spiro atoms. The number of hydrogen-bond donors (Lipinski definition) is 0. The average Bonchev–Trinajstić information content (AvgIpc) is 2.46. The molecule has 0 bridgehead atoms. The Labute approximate surface area is 98.2 Å². The molecule has 0 N–H and O–H groups in total. The van der Waals surface area contributed by atoms with Crippen LogP contribution in [0.5, 0.6) is 5.88 Å². The van der Waals surface area contributed by atoms with E-state index >= 15 is 0 Å². The summed E-state index contributed by atoms with van der Waals surface area (Å²) in [7, 11) is 4.15. The van der Waals surface area contributed by atoms with Gasteiger partial charge in [0.2, 0.25) is 5.88 Å². The Morgan fingerprint density at radius 2 is 2.00 bits per heavy atom. The second kappa shape index (κ2) is 5.34. The first kappa shape index (κ1) is 13.0. The van der Waals surface area contributed by atoms with E-state index in [9.17, 15) is 0 Å². The molecule has 0 aliphatic heterocycles. The van der Waals surface area contributed by atoms with Crippen LogP contribution in [0.4, 0.5) is 0 Å². The maximum absolute atomic E-state index is 5.51. The molecule has 92 valence electrons. The van der Waals surface area contributed by atoms with E-state index in [4.69, 9.17) is 4.74 Å². The lowest BCUT2D eigenvalue weighted by atomic mass is 10.2. The molecule has 1 rings (SSSR count). The van der Waals surface area contributed by atoms with Crippen LogP contribution in [0.3, 0.4) is 0 Å². The van der Waals surface area contributed by atoms with Crippen LogP contribution < -0.4 is 4.74 Å². The highest BCUT2D eigenvalue weighted by Crippen LogP contribution is 2.22. The van der Waals surface area contributed by atoms with E-state index in [-0.39, 0.29) is 0 Å². The summed E-state index contributed by atoms with van der Waals surface area (Å²) in [5.74, 6) is 0.769. The highest BCUT2D eigenvalue weighted by Gasteiger charge is 2.16. The van der Waals surface area contributed by atoms with Crippen LogP contribution in [-0.2, 0) is 0 Å². The summed E-state index contributed by atoms with van der Waals surface area (Å²) in [5, 5.41) is 4.52. The van der Waals surface area contributed by atoms with Crippen LogP contribution in [-0.4, -0.2) is 41.9 Å². The fraction of sp³-hybridized carbons (Fsp3) is 0.750. The lowest BCUT2D eigenvalue weighted by Crippen LogP contribution is -2.23. The van der Waals surface area contributed by atoms with Crippen molar-refractivity contribution in [2.45, 2.75) is 33.7 Å². The van der Waals surface area contributed by atoms with Gasteiger partial charge in [-0.2, -0.15) is 0 Å². The number of nitrogens with zero attached hydrogens (tertiary/aromatic N) is 3. The molecule has 0 amide bonds. The van der Waals surface area contributed by atoms with Crippen molar-refractivity contribution in [3.05, 3.63) is 11.3 Å². The maximum Gasteiger partial charge on any atom is 0.235 e. The number of rotatable bonds is 5. The largest absolute Gasteiger partial charge is 0.477 e. The predicted molar refractivity (Wildman–Crippen MR) is 66.1 cm³/mol. The van der Waals surface area contributed by atoms with Gasteiger partial charge in [-0.15, -0.1) is 5.10 Å². The fourth-order valence-electron chi connectivity index (χ4n) is 1.88. The fourth-order valence-corrected chi connectivity index (χ4v) is 1.88. The smallest absolute Gasteiger partial charge is 0.235 e. The van der Waals surface area contributed by atoms with Crippen LogP contribution >= 0.6 is 0 Å². The van der Waals surface area contributed by atoms with Crippen molar-refractivity contribution < 1.29 is 4.74 Å². The molecule has 0 saturated carbocycles. The molecule has 0 unspecified atom stereocenters. The highest BCUT2D eigenvalue weighted by molar-refractivity contribution is 5.29. The quantitative estimate of drug-likeness (QED) is 0.768. The Hall–Kier alpha value is -1.03. The van der Waals surface area contributed by atoms with Gasteiger partial charge in [-0.05, 0) is 41.8 Å². The van der Waals surface area contributed by atoms with E-state index in [1.54, 1.807) is 0 Å². The van der Waals surface area contributed by atoms with Crippen molar-refractivity contribution in [2.75, 3.05) is 27.2 Å². The molecule has 1 aromatic heterocycles. The van der Waals surface area contributed by atoms with Gasteiger partial charge in [-0.25, -0.2) is 0 Å². The first-order chi connectivity index (χ1) is 7.47. The number of ether oxygens (including phenoxy) is 1. The van der Waals surface area contributed by atoms with Crippen molar-refractivity contribution in [1.82, 2.24) is 14.7 Å². The van der Waals surface area contributed by atoms with Gasteiger partial charge in [0.1, 0.15) is 0 Å². The van der Waals surface area contributed by atoms with Crippen molar-refractivity contribution >= 4 is 0 Å². The van der Waals surface area contributed by atoms with Crippen molar-refractivity contribution in [1.29, 1.82) is 0 Å². The lowest BCUT2D eigenvalue weighted by molar-refractivity contribution is 0.296. The van der Waals surface area contributed by atoms with Crippen LogP contribution in [0.2, 0.25) is 0 Å². The first-order valence-electron chi connectivity index (χ1n) is 5.80. The second-order valence-electron chi connectivity index (χ2n) is 4.50. The molecule has 0 fully saturated rings. The normalized spacial score (nSPS) is 13.2. The molecule has 4 heteroatoms. The summed E-state index contributed by atoms with van der Waals surface area (Å²) in [6.07, 6.45) is 0. The first-order valence-corrected chi connectivity index (χ1v) is 5.80. The summed E-state index contributed by atoms with van der Waals surface area (Å²) in [5.41, 5.74) is 2.34. The van der Waals surface area contributed by atoms with Crippen LogP contribution in [0.25, 0.3) is 0 Å². The minimum absolute atomic E-state index is 0.364. The van der Waals surface area contributed by atoms with Crippen molar-refractivity contribution in [2.24, 2.45) is 0 Å². The van der Waals surface area contributed by atoms with Gasteiger partial charge < -0.3 is 9.64 Å². The van der Waals surface area contributed by atoms with Gasteiger partial charge in [0.05, 0.1) is 12.6 Å². The second-order valence-corrected chi connectivity index (χ2v) is 4.50. The van der Waals surface area contributed by atoms with Gasteiger partial charge in [0.15, 0.2) is 0 Å². The third-order valence-corrected chi connectivity index (χ3v) is 2.73. The number of aromatic nitrogens is 2. The third kappa shape index (κ3) is 2.76. The van der Waals surface area contributed by atoms with E-state index in [2.05, 4.69) is 49.5 Å². The molecule has 1 aromatic rings. The summed E-state index contributed by atoms with van der Waals surface area (Å²) >= 11 is 0. The molecule has 0 aliphatic rings. The summed E-state index contributed by atoms with van der Waals surface area (Å²) in [4.78, 5) is 2.17. The summed E-state index contributed by atoms with van der Waals surface area (Å²) in [6.45, 7) is 9.96. The highest BCUT2D eigenvalue weighted by atomic mass is 16.5.